The molecule has 28 heavy (non-hydrogen) atoms. The van der Waals surface area contributed by atoms with Crippen LogP contribution >= 0.6 is 0 Å². The quantitative estimate of drug-likeness (QED) is 0.733. The Kier molecular flexibility index (Phi) is 5.44. The summed E-state index contributed by atoms with van der Waals surface area (Å²) in [6.45, 7) is 4.02. The Morgan fingerprint density at radius 1 is 1.18 bits per heavy atom. The molecule has 0 saturated carbocycles. The first-order valence-corrected chi connectivity index (χ1v) is 9.68. The van der Waals surface area contributed by atoms with Crippen molar-refractivity contribution in [2.75, 3.05) is 13.1 Å². The molecule has 0 bridgehead atoms. The van der Waals surface area contributed by atoms with Gasteiger partial charge in [0.2, 0.25) is 0 Å². The third-order valence-corrected chi connectivity index (χ3v) is 5.03. The summed E-state index contributed by atoms with van der Waals surface area (Å²) in [4.78, 5) is 26.7. The number of aromatic amines is 1. The van der Waals surface area contributed by atoms with Gasteiger partial charge in [0.25, 0.3) is 5.56 Å². The zero-order valence-electron chi connectivity index (χ0n) is 16.0. The van der Waals surface area contributed by atoms with E-state index >= 15 is 0 Å². The lowest BCUT2D eigenvalue weighted by molar-refractivity contribution is 0.270. The van der Waals surface area contributed by atoms with Crippen LogP contribution in [0.25, 0.3) is 17.5 Å². The molecule has 5 nitrogen and oxygen atoms in total. The van der Waals surface area contributed by atoms with Gasteiger partial charge in [0.05, 0.1) is 17.4 Å². The van der Waals surface area contributed by atoms with E-state index < -0.39 is 0 Å². The predicted molar refractivity (Wildman–Crippen MR) is 112 cm³/mol. The summed E-state index contributed by atoms with van der Waals surface area (Å²) in [7, 11) is 0. The molecular weight excluding hydrogens is 348 g/mol. The fraction of sp³-hybridized carbons (Fsp3) is 0.261. The Bertz CT molecular complexity index is 1010. The first kappa shape index (κ1) is 18.3. The average Bonchev–Trinajstić information content (AvgIpc) is 3.17. The van der Waals surface area contributed by atoms with Crippen LogP contribution in [0.4, 0.5) is 0 Å². The number of rotatable bonds is 5. The predicted octanol–water partition coefficient (Wildman–Crippen LogP) is 4.07. The number of H-pyrrole nitrogens is 1. The average molecular weight is 372 g/mol. The highest BCUT2D eigenvalue weighted by Gasteiger charge is 2.28. The molecule has 4 rings (SSSR count). The Labute approximate surface area is 164 Å². The van der Waals surface area contributed by atoms with Crippen molar-refractivity contribution in [3.63, 3.8) is 0 Å². The van der Waals surface area contributed by atoms with Crippen LogP contribution in [-0.4, -0.2) is 32.9 Å². The SMILES string of the molecule is C/C(=C\c1ccccc1)CN1CCC[C@@H]1c1nc(-c2ccccn2)cc(=O)[nH]1. The number of aromatic nitrogens is 3. The van der Waals surface area contributed by atoms with Gasteiger partial charge in [-0.1, -0.05) is 48.0 Å². The molecule has 1 saturated heterocycles. The van der Waals surface area contributed by atoms with Crippen LogP contribution in [0.3, 0.4) is 0 Å². The lowest BCUT2D eigenvalue weighted by Gasteiger charge is -2.24. The van der Waals surface area contributed by atoms with Crippen LogP contribution in [0, 0.1) is 0 Å². The first-order valence-electron chi connectivity index (χ1n) is 9.68. The third-order valence-electron chi connectivity index (χ3n) is 5.03. The fourth-order valence-corrected chi connectivity index (χ4v) is 3.80. The van der Waals surface area contributed by atoms with E-state index in [2.05, 4.69) is 52.1 Å². The Hall–Kier alpha value is -3.05. The second kappa shape index (κ2) is 8.31. The lowest BCUT2D eigenvalue weighted by atomic mass is 10.1. The number of benzene rings is 1. The van der Waals surface area contributed by atoms with E-state index in [1.807, 2.05) is 24.3 Å². The number of nitrogens with one attached hydrogen (secondary N) is 1. The van der Waals surface area contributed by atoms with Crippen LogP contribution in [0.5, 0.6) is 0 Å². The molecule has 1 aliphatic heterocycles. The normalized spacial score (nSPS) is 17.8. The van der Waals surface area contributed by atoms with Crippen molar-refractivity contribution in [2.24, 2.45) is 0 Å². The second-order valence-electron chi connectivity index (χ2n) is 7.26. The van der Waals surface area contributed by atoms with Crippen molar-refractivity contribution >= 4 is 6.08 Å². The molecule has 1 fully saturated rings. The van der Waals surface area contributed by atoms with Crippen molar-refractivity contribution in [3.8, 4) is 11.4 Å². The highest BCUT2D eigenvalue weighted by molar-refractivity contribution is 5.53. The van der Waals surface area contributed by atoms with Gasteiger partial charge in [-0.2, -0.15) is 0 Å². The van der Waals surface area contributed by atoms with Crippen LogP contribution in [0.1, 0.15) is 37.2 Å². The van der Waals surface area contributed by atoms with Crippen LogP contribution in [-0.2, 0) is 0 Å². The topological polar surface area (TPSA) is 61.9 Å². The van der Waals surface area contributed by atoms with E-state index in [0.29, 0.717) is 5.69 Å². The molecular formula is C23H24N4O. The minimum absolute atomic E-state index is 0.121. The first-order chi connectivity index (χ1) is 13.7. The van der Waals surface area contributed by atoms with Crippen molar-refractivity contribution in [1.82, 2.24) is 19.9 Å². The standard InChI is InChI=1S/C23H24N4O/c1-17(14-18-8-3-2-4-9-18)16-27-13-7-11-21(27)23-25-20(15-22(28)26-23)19-10-5-6-12-24-19/h2-6,8-10,12,14-15,21H,7,11,13,16H2,1H3,(H,25,26,28)/b17-14+/t21-/m1/s1. The van der Waals surface area contributed by atoms with Gasteiger partial charge in [-0.25, -0.2) is 4.98 Å². The maximum atomic E-state index is 12.3. The van der Waals surface area contributed by atoms with Crippen LogP contribution in [0.15, 0.2) is 71.2 Å². The molecule has 0 unspecified atom stereocenters. The van der Waals surface area contributed by atoms with E-state index in [-0.39, 0.29) is 11.6 Å². The van der Waals surface area contributed by atoms with Crippen molar-refractivity contribution in [2.45, 2.75) is 25.8 Å². The molecule has 3 heterocycles. The number of nitrogens with zero attached hydrogens (tertiary/aromatic N) is 3. The largest absolute Gasteiger partial charge is 0.309 e. The number of pyridine rings is 1. The number of hydrogen-bond acceptors (Lipinski definition) is 4. The Morgan fingerprint density at radius 2 is 2.00 bits per heavy atom. The van der Waals surface area contributed by atoms with E-state index in [4.69, 9.17) is 4.98 Å². The van der Waals surface area contributed by atoms with Gasteiger partial charge >= 0.3 is 0 Å². The van der Waals surface area contributed by atoms with E-state index in [1.165, 1.54) is 17.2 Å². The summed E-state index contributed by atoms with van der Waals surface area (Å²) in [5, 5.41) is 0. The zero-order chi connectivity index (χ0) is 19.3. The van der Waals surface area contributed by atoms with Gasteiger partial charge in [-0.05, 0) is 44.0 Å². The Balaban J connectivity index is 1.57. The van der Waals surface area contributed by atoms with E-state index in [0.717, 1.165) is 37.4 Å². The van der Waals surface area contributed by atoms with Crippen molar-refractivity contribution in [3.05, 3.63) is 88.1 Å². The van der Waals surface area contributed by atoms with Crippen LogP contribution in [0.2, 0.25) is 0 Å². The molecule has 1 atom stereocenters. The summed E-state index contributed by atoms with van der Waals surface area (Å²) in [5.74, 6) is 0.734. The van der Waals surface area contributed by atoms with Crippen molar-refractivity contribution in [1.29, 1.82) is 0 Å². The minimum Gasteiger partial charge on any atom is -0.309 e. The Morgan fingerprint density at radius 3 is 2.79 bits per heavy atom. The molecule has 0 aliphatic carbocycles. The zero-order valence-corrected chi connectivity index (χ0v) is 16.0. The summed E-state index contributed by atoms with van der Waals surface area (Å²) in [5.41, 5.74) is 3.72. The van der Waals surface area contributed by atoms with Gasteiger partial charge in [0.15, 0.2) is 0 Å². The molecule has 1 N–H and O–H groups in total. The van der Waals surface area contributed by atoms with Crippen LogP contribution < -0.4 is 5.56 Å². The molecule has 3 aromatic rings. The minimum atomic E-state index is -0.131. The molecule has 142 valence electrons. The maximum absolute atomic E-state index is 12.3. The molecule has 1 aliphatic rings. The summed E-state index contributed by atoms with van der Waals surface area (Å²) >= 11 is 0. The summed E-state index contributed by atoms with van der Waals surface area (Å²) in [6.07, 6.45) is 6.03. The monoisotopic (exact) mass is 372 g/mol. The van der Waals surface area contributed by atoms with Crippen molar-refractivity contribution < 1.29 is 0 Å². The van der Waals surface area contributed by atoms with E-state index in [1.54, 1.807) is 6.20 Å². The van der Waals surface area contributed by atoms with E-state index in [9.17, 15) is 4.79 Å². The highest BCUT2D eigenvalue weighted by atomic mass is 16.1. The van der Waals surface area contributed by atoms with Gasteiger partial charge in [-0.3, -0.25) is 14.7 Å². The fourth-order valence-electron chi connectivity index (χ4n) is 3.80. The third kappa shape index (κ3) is 4.26. The smallest absolute Gasteiger partial charge is 0.251 e. The summed E-state index contributed by atoms with van der Waals surface area (Å²) in [6, 6.07) is 17.6. The van der Waals surface area contributed by atoms with Gasteiger partial charge < -0.3 is 4.98 Å². The highest BCUT2D eigenvalue weighted by Crippen LogP contribution is 2.30. The number of likely N-dealkylation sites (tertiary alicyclic amines) is 1. The second-order valence-corrected chi connectivity index (χ2v) is 7.26. The molecule has 2 aromatic heterocycles. The maximum Gasteiger partial charge on any atom is 0.251 e. The molecule has 1 aromatic carbocycles. The molecule has 0 radical (unpaired) electrons. The molecule has 0 amide bonds. The molecule has 0 spiro atoms. The molecule has 5 heteroatoms. The summed E-state index contributed by atoms with van der Waals surface area (Å²) < 4.78 is 0. The van der Waals surface area contributed by atoms with Gasteiger partial charge in [0.1, 0.15) is 5.82 Å². The number of hydrogen-bond donors (Lipinski definition) is 1. The van der Waals surface area contributed by atoms with Gasteiger partial charge in [0, 0.05) is 18.8 Å². The lowest BCUT2D eigenvalue weighted by Crippen LogP contribution is -2.28. The van der Waals surface area contributed by atoms with Gasteiger partial charge in [-0.15, -0.1) is 0 Å².